The van der Waals surface area contributed by atoms with Crippen LogP contribution in [0.25, 0.3) is 0 Å². The molecule has 1 unspecified atom stereocenters. The topological polar surface area (TPSA) is 42.0 Å². The summed E-state index contributed by atoms with van der Waals surface area (Å²) in [7, 11) is 0. The van der Waals surface area contributed by atoms with Gasteiger partial charge in [0.1, 0.15) is 0 Å². The van der Waals surface area contributed by atoms with E-state index in [2.05, 4.69) is 26.2 Å². The maximum atomic E-state index is 12.5. The number of carbonyl (C=O) groups is 1. The Morgan fingerprint density at radius 2 is 2.00 bits per heavy atom. The molecule has 110 valence electrons. The molecule has 0 aliphatic rings. The highest BCUT2D eigenvalue weighted by molar-refractivity contribution is 9.10. The van der Waals surface area contributed by atoms with Crippen molar-refractivity contribution in [3.8, 4) is 0 Å². The summed E-state index contributed by atoms with van der Waals surface area (Å²) in [5.74, 6) is 0.184. The van der Waals surface area contributed by atoms with Crippen molar-refractivity contribution < 1.29 is 4.79 Å². The third-order valence-electron chi connectivity index (χ3n) is 3.09. The van der Waals surface area contributed by atoms with Gasteiger partial charge in [-0.2, -0.15) is 0 Å². The molecular weight excluding hydrogens is 352 g/mol. The van der Waals surface area contributed by atoms with Gasteiger partial charge in [0.05, 0.1) is 11.6 Å². The molecule has 1 aromatic heterocycles. The van der Waals surface area contributed by atoms with Crippen molar-refractivity contribution in [1.29, 1.82) is 0 Å². The number of aromatic nitrogens is 1. The van der Waals surface area contributed by atoms with Gasteiger partial charge in [-0.1, -0.05) is 18.2 Å². The largest absolute Gasteiger partial charge is 0.326 e. The normalized spacial score (nSPS) is 11.9. The van der Waals surface area contributed by atoms with Crippen molar-refractivity contribution in [1.82, 2.24) is 4.98 Å². The summed E-state index contributed by atoms with van der Waals surface area (Å²) in [5, 5.41) is 2.93. The number of amides is 1. The van der Waals surface area contributed by atoms with E-state index in [-0.39, 0.29) is 11.8 Å². The van der Waals surface area contributed by atoms with Crippen molar-refractivity contribution in [2.24, 2.45) is 0 Å². The van der Waals surface area contributed by atoms with Crippen LogP contribution in [0.3, 0.4) is 0 Å². The van der Waals surface area contributed by atoms with Crippen LogP contribution in [0, 0.1) is 0 Å². The number of nitrogens with one attached hydrogen (secondary N) is 1. The fourth-order valence-electron chi connectivity index (χ4n) is 2.04. The zero-order valence-electron chi connectivity index (χ0n) is 11.4. The average molecular weight is 368 g/mol. The molecule has 0 spiro atoms. The quantitative estimate of drug-likeness (QED) is 0.759. The second-order valence-electron chi connectivity index (χ2n) is 4.64. The third-order valence-corrected chi connectivity index (χ3v) is 3.83. The Morgan fingerprint density at radius 3 is 2.62 bits per heavy atom. The van der Waals surface area contributed by atoms with E-state index < -0.39 is 0 Å². The molecule has 2 rings (SSSR count). The summed E-state index contributed by atoms with van der Waals surface area (Å²) in [6, 6.07) is 13.2. The fraction of sp³-hybridized carbons (Fsp3) is 0.250. The number of alkyl halides is 1. The summed E-state index contributed by atoms with van der Waals surface area (Å²) in [5.41, 5.74) is 1.55. The number of hydrogen-bond acceptors (Lipinski definition) is 2. The summed E-state index contributed by atoms with van der Waals surface area (Å²) >= 11 is 9.12. The van der Waals surface area contributed by atoms with Gasteiger partial charge in [0.15, 0.2) is 0 Å². The Morgan fingerprint density at radius 1 is 1.24 bits per heavy atom. The number of halogens is 2. The van der Waals surface area contributed by atoms with Crippen molar-refractivity contribution in [2.75, 3.05) is 11.2 Å². The highest BCUT2D eigenvalue weighted by Gasteiger charge is 2.21. The first-order chi connectivity index (χ1) is 10.2. The summed E-state index contributed by atoms with van der Waals surface area (Å²) < 4.78 is 0.894. The zero-order valence-corrected chi connectivity index (χ0v) is 13.8. The van der Waals surface area contributed by atoms with Crippen molar-refractivity contribution in [3.05, 3.63) is 58.8 Å². The Kier molecular flexibility index (Phi) is 6.21. The first-order valence-electron chi connectivity index (χ1n) is 6.74. The molecule has 0 radical (unpaired) electrons. The number of pyridine rings is 1. The maximum absolute atomic E-state index is 12.5. The van der Waals surface area contributed by atoms with Crippen LogP contribution in [0.1, 0.15) is 24.5 Å². The van der Waals surface area contributed by atoms with Gasteiger partial charge in [0.2, 0.25) is 5.91 Å². The van der Waals surface area contributed by atoms with Crippen LogP contribution in [0.5, 0.6) is 0 Å². The zero-order chi connectivity index (χ0) is 15.1. The van der Waals surface area contributed by atoms with Gasteiger partial charge in [-0.05, 0) is 53.0 Å². The van der Waals surface area contributed by atoms with E-state index in [1.165, 1.54) is 0 Å². The predicted molar refractivity (Wildman–Crippen MR) is 89.7 cm³/mol. The molecule has 0 fully saturated rings. The van der Waals surface area contributed by atoms with Gasteiger partial charge in [-0.15, -0.1) is 11.6 Å². The molecule has 2 aromatic rings. The second kappa shape index (κ2) is 8.15. The molecular formula is C16H16BrClN2O. The summed E-state index contributed by atoms with van der Waals surface area (Å²) in [6.45, 7) is 0. The van der Waals surface area contributed by atoms with Crippen LogP contribution in [0.15, 0.2) is 53.1 Å². The van der Waals surface area contributed by atoms with Crippen LogP contribution in [0.2, 0.25) is 0 Å². The molecule has 0 saturated heterocycles. The molecule has 0 aliphatic heterocycles. The number of benzene rings is 1. The van der Waals surface area contributed by atoms with Gasteiger partial charge in [0, 0.05) is 22.2 Å². The monoisotopic (exact) mass is 366 g/mol. The number of carbonyl (C=O) groups excluding carboxylic acids is 1. The molecule has 1 atom stereocenters. The van der Waals surface area contributed by atoms with E-state index in [0.717, 1.165) is 22.3 Å². The Bertz CT molecular complexity index is 575. The van der Waals surface area contributed by atoms with Crippen LogP contribution in [-0.2, 0) is 4.79 Å². The van der Waals surface area contributed by atoms with Gasteiger partial charge in [-0.3, -0.25) is 9.78 Å². The molecule has 1 N–H and O–H groups in total. The highest BCUT2D eigenvalue weighted by atomic mass is 79.9. The number of anilines is 1. The van der Waals surface area contributed by atoms with Crippen molar-refractivity contribution in [3.63, 3.8) is 0 Å². The minimum atomic E-state index is -0.294. The van der Waals surface area contributed by atoms with Gasteiger partial charge in [-0.25, -0.2) is 0 Å². The van der Waals surface area contributed by atoms with Crippen LogP contribution >= 0.6 is 27.5 Å². The van der Waals surface area contributed by atoms with E-state index in [4.69, 9.17) is 11.6 Å². The third kappa shape index (κ3) is 4.83. The number of hydrogen-bond donors (Lipinski definition) is 1. The second-order valence-corrected chi connectivity index (χ2v) is 5.93. The standard InChI is InChI=1S/C16H16BrClN2O/c17-12-8-9-15(19-11-12)14(7-4-10-18)16(21)20-13-5-2-1-3-6-13/h1-3,5-6,8-9,11,14H,4,7,10H2,(H,20,21). The molecule has 0 saturated carbocycles. The SMILES string of the molecule is O=C(Nc1ccccc1)C(CCCCl)c1ccc(Br)cn1. The molecule has 1 heterocycles. The highest BCUT2D eigenvalue weighted by Crippen LogP contribution is 2.23. The maximum Gasteiger partial charge on any atom is 0.233 e. The Hall–Kier alpha value is -1.39. The first-order valence-corrected chi connectivity index (χ1v) is 8.07. The van der Waals surface area contributed by atoms with Crippen LogP contribution in [-0.4, -0.2) is 16.8 Å². The lowest BCUT2D eigenvalue weighted by Gasteiger charge is -2.16. The van der Waals surface area contributed by atoms with E-state index in [1.807, 2.05) is 42.5 Å². The lowest BCUT2D eigenvalue weighted by molar-refractivity contribution is -0.117. The summed E-state index contributed by atoms with van der Waals surface area (Å²) in [4.78, 5) is 16.8. The fourth-order valence-corrected chi connectivity index (χ4v) is 2.43. The van der Waals surface area contributed by atoms with Crippen molar-refractivity contribution in [2.45, 2.75) is 18.8 Å². The lowest BCUT2D eigenvalue weighted by atomic mass is 9.98. The molecule has 1 amide bonds. The van der Waals surface area contributed by atoms with Crippen molar-refractivity contribution >= 4 is 39.1 Å². The van der Waals surface area contributed by atoms with Crippen LogP contribution < -0.4 is 5.32 Å². The number of rotatable bonds is 6. The minimum Gasteiger partial charge on any atom is -0.326 e. The smallest absolute Gasteiger partial charge is 0.233 e. The molecule has 1 aromatic carbocycles. The molecule has 3 nitrogen and oxygen atoms in total. The molecule has 5 heteroatoms. The van der Waals surface area contributed by atoms with E-state index in [9.17, 15) is 4.79 Å². The Labute approximate surface area is 137 Å². The first kappa shape index (κ1) is 16.0. The van der Waals surface area contributed by atoms with E-state index in [1.54, 1.807) is 6.20 Å². The molecule has 0 bridgehead atoms. The lowest BCUT2D eigenvalue weighted by Crippen LogP contribution is -2.22. The molecule has 0 aliphatic carbocycles. The minimum absolute atomic E-state index is 0.0545. The van der Waals surface area contributed by atoms with Gasteiger partial charge in [0.25, 0.3) is 0 Å². The number of nitrogens with zero attached hydrogens (tertiary/aromatic N) is 1. The van der Waals surface area contributed by atoms with Gasteiger partial charge >= 0.3 is 0 Å². The van der Waals surface area contributed by atoms with E-state index >= 15 is 0 Å². The van der Waals surface area contributed by atoms with Gasteiger partial charge < -0.3 is 5.32 Å². The average Bonchev–Trinajstić information content (AvgIpc) is 2.50. The molecule has 21 heavy (non-hydrogen) atoms. The van der Waals surface area contributed by atoms with E-state index in [0.29, 0.717) is 12.3 Å². The summed E-state index contributed by atoms with van der Waals surface area (Å²) in [6.07, 6.45) is 3.15. The van der Waals surface area contributed by atoms with Crippen LogP contribution in [0.4, 0.5) is 5.69 Å². The Balaban J connectivity index is 2.15. The number of para-hydroxylation sites is 1. The predicted octanol–water partition coefficient (Wildman–Crippen LogP) is 4.59.